The van der Waals surface area contributed by atoms with Gasteiger partial charge < -0.3 is 4.74 Å². The third-order valence-corrected chi connectivity index (χ3v) is 3.37. The Bertz CT molecular complexity index is 222. The second-order valence-corrected chi connectivity index (χ2v) is 4.51. The van der Waals surface area contributed by atoms with Crippen LogP contribution in [-0.4, -0.2) is 25.3 Å². The number of nitrogens with one attached hydrogen (secondary N) is 1. The third-order valence-electron chi connectivity index (χ3n) is 3.37. The Morgan fingerprint density at radius 3 is 3.00 bits per heavy atom. The molecule has 3 heteroatoms. The fraction of sp³-hybridized carbons (Fsp3) is 0.909. The normalized spacial score (nSPS) is 38.1. The zero-order valence-corrected chi connectivity index (χ0v) is 8.59. The second-order valence-electron chi connectivity index (χ2n) is 4.51. The summed E-state index contributed by atoms with van der Waals surface area (Å²) in [5.74, 6) is 0.597. The Labute approximate surface area is 85.4 Å². The van der Waals surface area contributed by atoms with Gasteiger partial charge in [0, 0.05) is 13.2 Å². The number of nitrogens with zero attached hydrogens (tertiary/aromatic N) is 1. The van der Waals surface area contributed by atoms with Crippen LogP contribution in [0.25, 0.3) is 0 Å². The molecule has 0 aromatic rings. The minimum Gasteiger partial charge on any atom is -0.381 e. The van der Waals surface area contributed by atoms with Crippen LogP contribution in [-0.2, 0) is 4.74 Å². The molecule has 2 saturated heterocycles. The highest BCUT2D eigenvalue weighted by Gasteiger charge is 2.35. The van der Waals surface area contributed by atoms with Crippen LogP contribution in [0.5, 0.6) is 0 Å². The minimum atomic E-state index is -0.239. The maximum atomic E-state index is 9.25. The Morgan fingerprint density at radius 2 is 2.43 bits per heavy atom. The van der Waals surface area contributed by atoms with Crippen molar-refractivity contribution in [3.63, 3.8) is 0 Å². The summed E-state index contributed by atoms with van der Waals surface area (Å²) < 4.78 is 5.35. The van der Waals surface area contributed by atoms with Crippen molar-refractivity contribution < 1.29 is 4.74 Å². The van der Waals surface area contributed by atoms with Crippen LogP contribution in [0.1, 0.15) is 32.1 Å². The molecule has 0 saturated carbocycles. The van der Waals surface area contributed by atoms with Crippen molar-refractivity contribution in [2.45, 2.75) is 37.6 Å². The Morgan fingerprint density at radius 1 is 1.50 bits per heavy atom. The molecule has 0 bridgehead atoms. The fourth-order valence-electron chi connectivity index (χ4n) is 2.52. The van der Waals surface area contributed by atoms with Crippen LogP contribution in [0.2, 0.25) is 0 Å². The molecular formula is C11H18N2O. The van der Waals surface area contributed by atoms with Crippen molar-refractivity contribution in [1.82, 2.24) is 5.32 Å². The van der Waals surface area contributed by atoms with Gasteiger partial charge in [0.1, 0.15) is 5.54 Å². The standard InChI is InChI=1S/C11H18N2O/c12-9-11(4-1-2-5-13-11)7-10-3-6-14-8-10/h10,13H,1-8H2. The van der Waals surface area contributed by atoms with Gasteiger partial charge in [0.2, 0.25) is 0 Å². The Balaban J connectivity index is 1.93. The van der Waals surface area contributed by atoms with Crippen LogP contribution in [0.15, 0.2) is 0 Å². The van der Waals surface area contributed by atoms with Gasteiger partial charge in [0.15, 0.2) is 0 Å². The molecule has 2 rings (SSSR count). The first-order chi connectivity index (χ1) is 6.85. The lowest BCUT2D eigenvalue weighted by Crippen LogP contribution is -2.48. The zero-order chi connectivity index (χ0) is 9.86. The quantitative estimate of drug-likeness (QED) is 0.723. The average molecular weight is 194 g/mol. The van der Waals surface area contributed by atoms with Crippen molar-refractivity contribution in [3.8, 4) is 6.07 Å². The minimum absolute atomic E-state index is 0.239. The Kier molecular flexibility index (Phi) is 3.05. The first kappa shape index (κ1) is 9.95. The van der Waals surface area contributed by atoms with Crippen molar-refractivity contribution in [3.05, 3.63) is 0 Å². The summed E-state index contributed by atoms with van der Waals surface area (Å²) in [6, 6.07) is 2.48. The SMILES string of the molecule is N#CC1(CC2CCOC2)CCCCN1. The fourth-order valence-corrected chi connectivity index (χ4v) is 2.52. The van der Waals surface area contributed by atoms with E-state index in [-0.39, 0.29) is 5.54 Å². The molecule has 2 aliphatic heterocycles. The predicted octanol–water partition coefficient (Wildman–Crippen LogP) is 1.45. The van der Waals surface area contributed by atoms with E-state index < -0.39 is 0 Å². The van der Waals surface area contributed by atoms with Gasteiger partial charge >= 0.3 is 0 Å². The van der Waals surface area contributed by atoms with Gasteiger partial charge in [-0.15, -0.1) is 0 Å². The zero-order valence-electron chi connectivity index (χ0n) is 8.59. The lowest BCUT2D eigenvalue weighted by Gasteiger charge is -2.33. The summed E-state index contributed by atoms with van der Waals surface area (Å²) in [6.45, 7) is 2.73. The maximum absolute atomic E-state index is 9.25. The predicted molar refractivity (Wildman–Crippen MR) is 53.7 cm³/mol. The van der Waals surface area contributed by atoms with E-state index in [1.165, 1.54) is 12.8 Å². The molecule has 2 fully saturated rings. The molecule has 0 radical (unpaired) electrons. The highest BCUT2D eigenvalue weighted by atomic mass is 16.5. The summed E-state index contributed by atoms with van der Waals surface area (Å²) in [5, 5.41) is 12.6. The number of hydrogen-bond donors (Lipinski definition) is 1. The lowest BCUT2D eigenvalue weighted by atomic mass is 9.82. The monoisotopic (exact) mass is 194 g/mol. The van der Waals surface area contributed by atoms with E-state index in [0.29, 0.717) is 5.92 Å². The van der Waals surface area contributed by atoms with Crippen LogP contribution in [0, 0.1) is 17.2 Å². The van der Waals surface area contributed by atoms with E-state index in [1.807, 2.05) is 0 Å². The van der Waals surface area contributed by atoms with E-state index in [1.54, 1.807) is 0 Å². The topological polar surface area (TPSA) is 45.0 Å². The summed E-state index contributed by atoms with van der Waals surface area (Å²) in [5.41, 5.74) is -0.239. The van der Waals surface area contributed by atoms with Crippen molar-refractivity contribution in [2.24, 2.45) is 5.92 Å². The van der Waals surface area contributed by atoms with Gasteiger partial charge in [0.05, 0.1) is 6.07 Å². The maximum Gasteiger partial charge on any atom is 0.107 e. The summed E-state index contributed by atoms with van der Waals surface area (Å²) >= 11 is 0. The van der Waals surface area contributed by atoms with Gasteiger partial charge in [-0.2, -0.15) is 5.26 Å². The van der Waals surface area contributed by atoms with E-state index in [4.69, 9.17) is 4.74 Å². The molecule has 2 aliphatic rings. The number of piperidine rings is 1. The molecule has 0 amide bonds. The lowest BCUT2D eigenvalue weighted by molar-refractivity contribution is 0.173. The summed E-state index contributed by atoms with van der Waals surface area (Å²) in [7, 11) is 0. The molecule has 2 unspecified atom stereocenters. The largest absolute Gasteiger partial charge is 0.381 e. The number of rotatable bonds is 2. The molecule has 1 N–H and O–H groups in total. The van der Waals surface area contributed by atoms with Crippen LogP contribution >= 0.6 is 0 Å². The van der Waals surface area contributed by atoms with Crippen molar-refractivity contribution >= 4 is 0 Å². The van der Waals surface area contributed by atoms with E-state index in [0.717, 1.165) is 39.0 Å². The van der Waals surface area contributed by atoms with Crippen LogP contribution in [0.4, 0.5) is 0 Å². The highest BCUT2D eigenvalue weighted by molar-refractivity contribution is 5.09. The van der Waals surface area contributed by atoms with Crippen molar-refractivity contribution in [1.29, 1.82) is 5.26 Å². The molecular weight excluding hydrogens is 176 g/mol. The molecule has 14 heavy (non-hydrogen) atoms. The summed E-state index contributed by atoms with van der Waals surface area (Å²) in [6.07, 6.45) is 5.52. The molecule has 0 aliphatic carbocycles. The highest BCUT2D eigenvalue weighted by Crippen LogP contribution is 2.29. The molecule has 0 aromatic heterocycles. The molecule has 78 valence electrons. The number of ether oxygens (including phenoxy) is 1. The molecule has 0 spiro atoms. The molecule has 3 nitrogen and oxygen atoms in total. The first-order valence-corrected chi connectivity index (χ1v) is 5.59. The van der Waals surface area contributed by atoms with E-state index >= 15 is 0 Å². The van der Waals surface area contributed by atoms with Gasteiger partial charge in [-0.25, -0.2) is 0 Å². The van der Waals surface area contributed by atoms with Gasteiger partial charge in [0.25, 0.3) is 0 Å². The smallest absolute Gasteiger partial charge is 0.107 e. The molecule has 2 atom stereocenters. The van der Waals surface area contributed by atoms with Crippen LogP contribution in [0.3, 0.4) is 0 Å². The van der Waals surface area contributed by atoms with Crippen LogP contribution < -0.4 is 5.32 Å². The van der Waals surface area contributed by atoms with Crippen molar-refractivity contribution in [2.75, 3.05) is 19.8 Å². The molecule has 0 aromatic carbocycles. The van der Waals surface area contributed by atoms with Gasteiger partial charge in [-0.1, -0.05) is 0 Å². The van der Waals surface area contributed by atoms with E-state index in [9.17, 15) is 5.26 Å². The number of nitriles is 1. The van der Waals surface area contributed by atoms with E-state index in [2.05, 4.69) is 11.4 Å². The molecule has 2 heterocycles. The second kappa shape index (κ2) is 4.29. The third kappa shape index (κ3) is 2.08. The average Bonchev–Trinajstić information content (AvgIpc) is 2.72. The Hall–Kier alpha value is -0.590. The number of hydrogen-bond acceptors (Lipinski definition) is 3. The van der Waals surface area contributed by atoms with Gasteiger partial charge in [-0.3, -0.25) is 5.32 Å². The summed E-state index contributed by atoms with van der Waals surface area (Å²) in [4.78, 5) is 0. The first-order valence-electron chi connectivity index (χ1n) is 5.59. The van der Waals surface area contributed by atoms with Gasteiger partial charge in [-0.05, 0) is 44.6 Å².